The molecule has 0 bridgehead atoms. The van der Waals surface area contributed by atoms with Crippen LogP contribution in [-0.2, 0) is 4.79 Å². The van der Waals surface area contributed by atoms with Crippen molar-refractivity contribution in [1.82, 2.24) is 5.32 Å². The molecule has 5 heteroatoms. The van der Waals surface area contributed by atoms with Crippen LogP contribution in [0.1, 0.15) is 37.8 Å². The van der Waals surface area contributed by atoms with E-state index in [1.165, 1.54) is 6.07 Å². The van der Waals surface area contributed by atoms with E-state index >= 15 is 0 Å². The van der Waals surface area contributed by atoms with Crippen LogP contribution < -0.4 is 11.1 Å². The van der Waals surface area contributed by atoms with Crippen LogP contribution in [0.15, 0.2) is 22.7 Å². The second-order valence-electron chi connectivity index (χ2n) is 4.27. The van der Waals surface area contributed by atoms with Gasteiger partial charge >= 0.3 is 0 Å². The molecular formula is C13H18BrFN2O. The Balaban J connectivity index is 2.36. The van der Waals surface area contributed by atoms with E-state index in [-0.39, 0.29) is 17.8 Å². The lowest BCUT2D eigenvalue weighted by Gasteiger charge is -2.15. The van der Waals surface area contributed by atoms with Crippen molar-refractivity contribution < 1.29 is 9.18 Å². The Morgan fingerprint density at radius 1 is 1.50 bits per heavy atom. The zero-order valence-corrected chi connectivity index (χ0v) is 12.0. The second-order valence-corrected chi connectivity index (χ2v) is 5.18. The van der Waals surface area contributed by atoms with Gasteiger partial charge in [-0.05, 0) is 38.4 Å². The first kappa shape index (κ1) is 15.1. The third kappa shape index (κ3) is 5.14. The lowest BCUT2D eigenvalue weighted by atomic mass is 10.1. The molecule has 1 atom stereocenters. The van der Waals surface area contributed by atoms with E-state index in [9.17, 15) is 9.18 Å². The number of hydrogen-bond acceptors (Lipinski definition) is 2. The molecule has 1 amide bonds. The minimum absolute atomic E-state index is 0.0494. The topological polar surface area (TPSA) is 55.1 Å². The Labute approximate surface area is 115 Å². The van der Waals surface area contributed by atoms with Crippen molar-refractivity contribution in [1.29, 1.82) is 0 Å². The highest BCUT2D eigenvalue weighted by Gasteiger charge is 2.10. The van der Waals surface area contributed by atoms with Crippen LogP contribution in [0.25, 0.3) is 0 Å². The van der Waals surface area contributed by atoms with Crippen LogP contribution in [0.2, 0.25) is 0 Å². The molecule has 0 aliphatic heterocycles. The van der Waals surface area contributed by atoms with Crippen LogP contribution in [0, 0.1) is 5.82 Å². The highest BCUT2D eigenvalue weighted by Crippen LogP contribution is 2.20. The maximum absolute atomic E-state index is 13.7. The Hall–Kier alpha value is -0.940. The van der Waals surface area contributed by atoms with Crippen LogP contribution in [0.3, 0.4) is 0 Å². The van der Waals surface area contributed by atoms with E-state index in [1.807, 2.05) is 13.0 Å². The SMILES string of the molecule is CC(NCCCCC(N)=O)c1ccc(Br)cc1F. The monoisotopic (exact) mass is 316 g/mol. The number of carbonyl (C=O) groups is 1. The molecule has 3 nitrogen and oxygen atoms in total. The van der Waals surface area contributed by atoms with Crippen LogP contribution in [0.4, 0.5) is 4.39 Å². The molecule has 0 saturated carbocycles. The molecule has 0 heterocycles. The van der Waals surface area contributed by atoms with Crippen molar-refractivity contribution in [2.75, 3.05) is 6.54 Å². The number of halogens is 2. The van der Waals surface area contributed by atoms with Gasteiger partial charge in [-0.25, -0.2) is 4.39 Å². The van der Waals surface area contributed by atoms with Gasteiger partial charge in [0.15, 0.2) is 0 Å². The van der Waals surface area contributed by atoms with Gasteiger partial charge in [0.2, 0.25) is 5.91 Å². The fourth-order valence-corrected chi connectivity index (χ4v) is 2.04. The smallest absolute Gasteiger partial charge is 0.217 e. The van der Waals surface area contributed by atoms with Gasteiger partial charge in [-0.2, -0.15) is 0 Å². The summed E-state index contributed by atoms with van der Waals surface area (Å²) >= 11 is 3.23. The second kappa shape index (κ2) is 7.48. The number of carbonyl (C=O) groups excluding carboxylic acids is 1. The zero-order valence-electron chi connectivity index (χ0n) is 10.4. The number of benzene rings is 1. The van der Waals surface area contributed by atoms with E-state index in [0.29, 0.717) is 12.0 Å². The molecule has 0 aromatic heterocycles. The van der Waals surface area contributed by atoms with Gasteiger partial charge in [0.1, 0.15) is 5.82 Å². The van der Waals surface area contributed by atoms with Crippen molar-refractivity contribution in [2.24, 2.45) is 5.73 Å². The van der Waals surface area contributed by atoms with E-state index < -0.39 is 0 Å². The number of hydrogen-bond donors (Lipinski definition) is 2. The van der Waals surface area contributed by atoms with Crippen LogP contribution in [-0.4, -0.2) is 12.5 Å². The fourth-order valence-electron chi connectivity index (χ4n) is 1.71. The van der Waals surface area contributed by atoms with Crippen molar-refractivity contribution >= 4 is 21.8 Å². The average Bonchev–Trinajstić information content (AvgIpc) is 2.27. The molecule has 0 spiro atoms. The molecule has 0 aliphatic rings. The Bertz CT molecular complexity index is 412. The first-order valence-electron chi connectivity index (χ1n) is 5.97. The third-order valence-electron chi connectivity index (χ3n) is 2.73. The van der Waals surface area contributed by atoms with Gasteiger partial charge in [0, 0.05) is 22.5 Å². The maximum Gasteiger partial charge on any atom is 0.217 e. The standard InChI is InChI=1S/C13H18BrFN2O/c1-9(17-7-3-2-4-13(16)18)11-6-5-10(14)8-12(11)15/h5-6,8-9,17H,2-4,7H2,1H3,(H2,16,18). The molecule has 1 aromatic rings. The van der Waals surface area contributed by atoms with Crippen molar-refractivity contribution in [2.45, 2.75) is 32.2 Å². The average molecular weight is 317 g/mol. The van der Waals surface area contributed by atoms with Gasteiger partial charge in [0.05, 0.1) is 0 Å². The number of amides is 1. The summed E-state index contributed by atoms with van der Waals surface area (Å²) in [7, 11) is 0. The van der Waals surface area contributed by atoms with Gasteiger partial charge in [0.25, 0.3) is 0 Å². The van der Waals surface area contributed by atoms with Gasteiger partial charge in [-0.1, -0.05) is 22.0 Å². The summed E-state index contributed by atoms with van der Waals surface area (Å²) in [5.41, 5.74) is 5.69. The summed E-state index contributed by atoms with van der Waals surface area (Å²) in [6.07, 6.45) is 2.02. The highest BCUT2D eigenvalue weighted by molar-refractivity contribution is 9.10. The molecule has 1 rings (SSSR count). The van der Waals surface area contributed by atoms with E-state index in [0.717, 1.165) is 23.9 Å². The Morgan fingerprint density at radius 3 is 2.83 bits per heavy atom. The summed E-state index contributed by atoms with van der Waals surface area (Å²) in [5, 5.41) is 3.23. The predicted octanol–water partition coefficient (Wildman–Crippen LogP) is 2.89. The fraction of sp³-hybridized carbons (Fsp3) is 0.462. The zero-order chi connectivity index (χ0) is 13.5. The van der Waals surface area contributed by atoms with E-state index in [2.05, 4.69) is 21.2 Å². The molecule has 1 aromatic carbocycles. The summed E-state index contributed by atoms with van der Waals surface area (Å²) in [6.45, 7) is 2.66. The largest absolute Gasteiger partial charge is 0.370 e. The van der Waals surface area contributed by atoms with Gasteiger partial charge in [-0.3, -0.25) is 4.79 Å². The molecule has 1 unspecified atom stereocenters. The normalized spacial score (nSPS) is 12.4. The number of nitrogens with one attached hydrogen (secondary N) is 1. The molecule has 0 saturated heterocycles. The van der Waals surface area contributed by atoms with E-state index in [4.69, 9.17) is 5.73 Å². The minimum atomic E-state index is -0.276. The molecule has 3 N–H and O–H groups in total. The quantitative estimate of drug-likeness (QED) is 0.760. The van der Waals surface area contributed by atoms with Gasteiger partial charge < -0.3 is 11.1 Å². The number of primary amides is 1. The Morgan fingerprint density at radius 2 is 2.22 bits per heavy atom. The summed E-state index contributed by atoms with van der Waals surface area (Å²) in [6, 6.07) is 5.00. The highest BCUT2D eigenvalue weighted by atomic mass is 79.9. The summed E-state index contributed by atoms with van der Waals surface area (Å²) in [4.78, 5) is 10.5. The van der Waals surface area contributed by atoms with Crippen LogP contribution in [0.5, 0.6) is 0 Å². The lowest BCUT2D eigenvalue weighted by Crippen LogP contribution is -2.21. The first-order valence-corrected chi connectivity index (χ1v) is 6.76. The predicted molar refractivity (Wildman–Crippen MR) is 73.6 cm³/mol. The molecule has 18 heavy (non-hydrogen) atoms. The minimum Gasteiger partial charge on any atom is -0.370 e. The molecule has 0 fully saturated rings. The molecule has 0 radical (unpaired) electrons. The number of rotatable bonds is 7. The first-order chi connectivity index (χ1) is 8.50. The van der Waals surface area contributed by atoms with Crippen molar-refractivity contribution in [3.8, 4) is 0 Å². The maximum atomic E-state index is 13.7. The summed E-state index contributed by atoms with van der Waals surface area (Å²) < 4.78 is 14.4. The van der Waals surface area contributed by atoms with Gasteiger partial charge in [-0.15, -0.1) is 0 Å². The lowest BCUT2D eigenvalue weighted by molar-refractivity contribution is -0.118. The summed E-state index contributed by atoms with van der Waals surface area (Å²) in [5.74, 6) is -0.497. The Kier molecular flexibility index (Phi) is 6.29. The molecular weight excluding hydrogens is 299 g/mol. The molecule has 100 valence electrons. The molecule has 0 aliphatic carbocycles. The number of unbranched alkanes of at least 4 members (excludes halogenated alkanes) is 1. The third-order valence-corrected chi connectivity index (χ3v) is 3.22. The number of nitrogens with two attached hydrogens (primary N) is 1. The van der Waals surface area contributed by atoms with Crippen LogP contribution >= 0.6 is 15.9 Å². The van der Waals surface area contributed by atoms with Crippen molar-refractivity contribution in [3.63, 3.8) is 0 Å². The van der Waals surface area contributed by atoms with E-state index in [1.54, 1.807) is 6.07 Å². The van der Waals surface area contributed by atoms with Crippen molar-refractivity contribution in [3.05, 3.63) is 34.1 Å².